The fraction of sp³-hybridized carbons (Fsp3) is 0.400. The molecule has 30 heavy (non-hydrogen) atoms. The summed E-state index contributed by atoms with van der Waals surface area (Å²) < 4.78 is 11.2. The quantitative estimate of drug-likeness (QED) is 0.324. The average Bonchev–Trinajstić information content (AvgIpc) is 2.76. The van der Waals surface area contributed by atoms with Crippen LogP contribution in [0.4, 0.5) is 0 Å². The Balaban J connectivity index is 1.66. The second-order valence-electron chi connectivity index (χ2n) is 7.59. The monoisotopic (exact) mass is 427 g/mol. The van der Waals surface area contributed by atoms with Crippen LogP contribution in [0.15, 0.2) is 54.8 Å². The maximum absolute atomic E-state index is 12.0. The van der Waals surface area contributed by atoms with Gasteiger partial charge in [0, 0.05) is 29.2 Å². The van der Waals surface area contributed by atoms with Crippen LogP contribution in [0.5, 0.6) is 0 Å². The predicted molar refractivity (Wildman–Crippen MR) is 121 cm³/mol. The van der Waals surface area contributed by atoms with Crippen LogP contribution in [0.25, 0.3) is 5.57 Å². The first-order chi connectivity index (χ1) is 14.6. The van der Waals surface area contributed by atoms with E-state index in [1.165, 1.54) is 5.56 Å². The molecule has 1 fully saturated rings. The van der Waals surface area contributed by atoms with E-state index in [1.807, 2.05) is 49.6 Å². The minimum Gasteiger partial charge on any atom is -0.499 e. The number of esters is 1. The van der Waals surface area contributed by atoms with Crippen molar-refractivity contribution in [2.24, 2.45) is 5.92 Å². The van der Waals surface area contributed by atoms with Crippen molar-refractivity contribution in [3.05, 3.63) is 76.5 Å². The summed E-state index contributed by atoms with van der Waals surface area (Å²) in [5, 5.41) is 0.698. The highest BCUT2D eigenvalue weighted by molar-refractivity contribution is 6.32. The van der Waals surface area contributed by atoms with Gasteiger partial charge in [-0.05, 0) is 50.4 Å². The third kappa shape index (κ3) is 5.87. The second-order valence-corrected chi connectivity index (χ2v) is 8.00. The zero-order valence-corrected chi connectivity index (χ0v) is 18.5. The predicted octanol–water partition coefficient (Wildman–Crippen LogP) is 5.33. The highest BCUT2D eigenvalue weighted by Gasteiger charge is 2.26. The van der Waals surface area contributed by atoms with Crippen molar-refractivity contribution in [2.45, 2.75) is 26.7 Å². The summed E-state index contributed by atoms with van der Waals surface area (Å²) in [5.41, 5.74) is 4.20. The molecule has 2 aromatic rings. The Morgan fingerprint density at radius 3 is 2.63 bits per heavy atom. The Kier molecular flexibility index (Phi) is 8.35. The number of ether oxygens (including phenoxy) is 2. The van der Waals surface area contributed by atoms with E-state index in [4.69, 9.17) is 21.1 Å². The van der Waals surface area contributed by atoms with E-state index in [0.29, 0.717) is 18.2 Å². The molecule has 1 atom stereocenters. The van der Waals surface area contributed by atoms with Crippen LogP contribution >= 0.6 is 11.6 Å². The second kappa shape index (κ2) is 11.2. The van der Waals surface area contributed by atoms with E-state index in [0.717, 1.165) is 49.2 Å². The van der Waals surface area contributed by atoms with Gasteiger partial charge in [0.1, 0.15) is 6.61 Å². The van der Waals surface area contributed by atoms with E-state index >= 15 is 0 Å². The topological polar surface area (TPSA) is 38.8 Å². The Bertz CT molecular complexity index is 833. The molecule has 160 valence electrons. The molecular weight excluding hydrogens is 398 g/mol. The molecule has 0 amide bonds. The van der Waals surface area contributed by atoms with E-state index in [9.17, 15) is 4.79 Å². The molecule has 2 aromatic carbocycles. The summed E-state index contributed by atoms with van der Waals surface area (Å²) in [7, 11) is 0. The summed E-state index contributed by atoms with van der Waals surface area (Å²) in [6.45, 7) is 7.42. The molecule has 1 aliphatic rings. The number of rotatable bonds is 8. The summed E-state index contributed by atoms with van der Waals surface area (Å²) in [4.78, 5) is 14.3. The minimum atomic E-state index is -0.0800. The molecular formula is C25H30ClNO3. The van der Waals surface area contributed by atoms with Gasteiger partial charge in [0.05, 0.1) is 18.8 Å². The molecule has 3 rings (SSSR count). The smallest absolute Gasteiger partial charge is 0.310 e. The lowest BCUT2D eigenvalue weighted by atomic mass is 9.95. The molecule has 0 N–H and O–H groups in total. The maximum atomic E-state index is 12.0. The lowest BCUT2D eigenvalue weighted by Crippen LogP contribution is -2.40. The van der Waals surface area contributed by atoms with E-state index in [-0.39, 0.29) is 11.9 Å². The van der Waals surface area contributed by atoms with Gasteiger partial charge >= 0.3 is 5.97 Å². The molecule has 4 nitrogen and oxygen atoms in total. The molecule has 1 unspecified atom stereocenters. The molecule has 5 heteroatoms. The lowest BCUT2D eigenvalue weighted by molar-refractivity contribution is -0.150. The number of hydrogen-bond acceptors (Lipinski definition) is 4. The van der Waals surface area contributed by atoms with Crippen molar-refractivity contribution < 1.29 is 14.3 Å². The summed E-state index contributed by atoms with van der Waals surface area (Å²) in [5.74, 6) is -0.108. The molecule has 0 saturated carbocycles. The zero-order valence-electron chi connectivity index (χ0n) is 17.8. The SMILES string of the molecule is CCOC(=O)C1CCCN(CCOC=C(c2ccccc2C)c2ccccc2Cl)C1. The van der Waals surface area contributed by atoms with Gasteiger partial charge in [0.25, 0.3) is 0 Å². The molecule has 0 radical (unpaired) electrons. The van der Waals surface area contributed by atoms with Crippen molar-refractivity contribution in [1.82, 2.24) is 4.90 Å². The Hall–Kier alpha value is -2.30. The van der Waals surface area contributed by atoms with Gasteiger partial charge in [-0.2, -0.15) is 0 Å². The number of likely N-dealkylation sites (tertiary alicyclic amines) is 1. The molecule has 0 bridgehead atoms. The number of hydrogen-bond donors (Lipinski definition) is 0. The van der Waals surface area contributed by atoms with Crippen LogP contribution in [0.1, 0.15) is 36.5 Å². The summed E-state index contributed by atoms with van der Waals surface area (Å²) >= 11 is 6.48. The number of benzene rings is 2. The third-order valence-corrected chi connectivity index (χ3v) is 5.78. The van der Waals surface area contributed by atoms with Crippen molar-refractivity contribution in [2.75, 3.05) is 32.8 Å². The van der Waals surface area contributed by atoms with Crippen LogP contribution in [0.2, 0.25) is 5.02 Å². The number of halogens is 1. The summed E-state index contributed by atoms with van der Waals surface area (Å²) in [6, 6.07) is 16.0. The Morgan fingerprint density at radius 2 is 1.90 bits per heavy atom. The van der Waals surface area contributed by atoms with Gasteiger partial charge in [0.2, 0.25) is 0 Å². The largest absolute Gasteiger partial charge is 0.499 e. The van der Waals surface area contributed by atoms with Crippen LogP contribution < -0.4 is 0 Å². The Labute approximate surface area is 184 Å². The lowest BCUT2D eigenvalue weighted by Gasteiger charge is -2.31. The summed E-state index contributed by atoms with van der Waals surface area (Å²) in [6.07, 6.45) is 3.73. The van der Waals surface area contributed by atoms with Crippen molar-refractivity contribution in [3.8, 4) is 0 Å². The maximum Gasteiger partial charge on any atom is 0.310 e. The zero-order chi connectivity index (χ0) is 21.3. The number of nitrogens with zero attached hydrogens (tertiary/aromatic N) is 1. The van der Waals surface area contributed by atoms with Gasteiger partial charge in [-0.25, -0.2) is 0 Å². The van der Waals surface area contributed by atoms with E-state index in [1.54, 1.807) is 0 Å². The molecule has 0 spiro atoms. The average molecular weight is 428 g/mol. The molecule has 0 aromatic heterocycles. The molecule has 0 aliphatic carbocycles. The number of piperidine rings is 1. The van der Waals surface area contributed by atoms with Crippen molar-refractivity contribution >= 4 is 23.1 Å². The van der Waals surface area contributed by atoms with Crippen LogP contribution in [-0.4, -0.2) is 43.7 Å². The number of carbonyl (C=O) groups excluding carboxylic acids is 1. The molecule has 1 heterocycles. The Morgan fingerprint density at radius 1 is 1.17 bits per heavy atom. The normalized spacial score (nSPS) is 17.6. The van der Waals surface area contributed by atoms with Gasteiger partial charge < -0.3 is 9.47 Å². The number of aryl methyl sites for hydroxylation is 1. The highest BCUT2D eigenvalue weighted by atomic mass is 35.5. The number of carbonyl (C=O) groups is 1. The van der Waals surface area contributed by atoms with Crippen molar-refractivity contribution in [3.63, 3.8) is 0 Å². The van der Waals surface area contributed by atoms with Crippen LogP contribution in [-0.2, 0) is 14.3 Å². The third-order valence-electron chi connectivity index (χ3n) is 5.45. The van der Waals surface area contributed by atoms with E-state index in [2.05, 4.69) is 24.0 Å². The van der Waals surface area contributed by atoms with Gasteiger partial charge in [-0.3, -0.25) is 9.69 Å². The first-order valence-electron chi connectivity index (χ1n) is 10.6. The highest BCUT2D eigenvalue weighted by Crippen LogP contribution is 2.31. The first kappa shape index (κ1) is 22.4. The fourth-order valence-electron chi connectivity index (χ4n) is 3.86. The van der Waals surface area contributed by atoms with Crippen LogP contribution in [0, 0.1) is 12.8 Å². The minimum absolute atomic E-state index is 0.0279. The van der Waals surface area contributed by atoms with Crippen LogP contribution in [0.3, 0.4) is 0 Å². The molecule has 1 saturated heterocycles. The van der Waals surface area contributed by atoms with E-state index < -0.39 is 0 Å². The molecule has 1 aliphatic heterocycles. The van der Waals surface area contributed by atoms with Gasteiger partial charge in [-0.1, -0.05) is 54.1 Å². The van der Waals surface area contributed by atoms with Crippen molar-refractivity contribution in [1.29, 1.82) is 0 Å². The standard InChI is InChI=1S/C25H30ClNO3/c1-3-30-25(28)20-10-8-14-27(17-20)15-16-29-18-23(21-11-5-4-9-19(21)2)22-12-6-7-13-24(22)26/h4-7,9,11-13,18,20H,3,8,10,14-17H2,1-2H3. The first-order valence-corrected chi connectivity index (χ1v) is 11.0. The van der Waals surface area contributed by atoms with Gasteiger partial charge in [-0.15, -0.1) is 0 Å². The fourth-order valence-corrected chi connectivity index (χ4v) is 4.10. The van der Waals surface area contributed by atoms with Gasteiger partial charge in [0.15, 0.2) is 0 Å².